The topological polar surface area (TPSA) is 17.1 Å². The number of halogens is 1. The molecular formula is C2H3BrOS. The highest BCUT2D eigenvalue weighted by atomic mass is 79.9. The van der Waals surface area contributed by atoms with E-state index in [1.165, 1.54) is 0 Å². The number of carbonyl (C=O) groups excluding carboxylic acids is 1. The number of hydrogen-bond donors (Lipinski definition) is 1. The first kappa shape index (κ1) is 5.50. The minimum atomic E-state index is -0.134. The molecule has 0 spiro atoms. The van der Waals surface area contributed by atoms with Gasteiger partial charge < -0.3 is 0 Å². The minimum Gasteiger partial charge on any atom is -0.287 e. The Morgan fingerprint density at radius 3 is 2.20 bits per heavy atom. The zero-order valence-electron chi connectivity index (χ0n) is 2.44. The SMILES string of the molecule is O=C(S)CBr. The summed E-state index contributed by atoms with van der Waals surface area (Å²) in [6.07, 6.45) is 0. The molecule has 0 atom stereocenters. The van der Waals surface area contributed by atoms with Crippen LogP contribution < -0.4 is 0 Å². The highest BCUT2D eigenvalue weighted by Crippen LogP contribution is 1.82. The van der Waals surface area contributed by atoms with Crippen molar-refractivity contribution in [3.63, 3.8) is 0 Å². The van der Waals surface area contributed by atoms with Gasteiger partial charge in [0.2, 0.25) is 0 Å². The molecule has 0 aromatic heterocycles. The van der Waals surface area contributed by atoms with Crippen LogP contribution in [0, 0.1) is 0 Å². The van der Waals surface area contributed by atoms with Gasteiger partial charge in [-0.05, 0) is 0 Å². The molecule has 0 unspecified atom stereocenters. The van der Waals surface area contributed by atoms with E-state index in [1.54, 1.807) is 0 Å². The van der Waals surface area contributed by atoms with Crippen LogP contribution in [-0.2, 0) is 4.79 Å². The van der Waals surface area contributed by atoms with Crippen molar-refractivity contribution >= 4 is 33.7 Å². The Hall–Kier alpha value is 0.500. The van der Waals surface area contributed by atoms with Gasteiger partial charge in [0.1, 0.15) is 0 Å². The molecule has 0 aliphatic carbocycles. The summed E-state index contributed by atoms with van der Waals surface area (Å²) in [4.78, 5) is 9.63. The normalized spacial score (nSPS) is 7.60. The summed E-state index contributed by atoms with van der Waals surface area (Å²) >= 11 is 6.30. The maximum atomic E-state index is 9.63. The van der Waals surface area contributed by atoms with Crippen molar-refractivity contribution in [3.05, 3.63) is 0 Å². The lowest BCUT2D eigenvalue weighted by atomic mass is 10.9. The third-order valence-electron chi connectivity index (χ3n) is 0.114. The van der Waals surface area contributed by atoms with Crippen molar-refractivity contribution in [2.45, 2.75) is 0 Å². The van der Waals surface area contributed by atoms with Crippen LogP contribution in [0.2, 0.25) is 0 Å². The van der Waals surface area contributed by atoms with Gasteiger partial charge in [-0.1, -0.05) is 15.9 Å². The van der Waals surface area contributed by atoms with Crippen molar-refractivity contribution in [2.75, 3.05) is 5.33 Å². The first-order valence-electron chi connectivity index (χ1n) is 1.05. The molecule has 0 rings (SSSR count). The predicted molar refractivity (Wildman–Crippen MR) is 27.8 cm³/mol. The lowest BCUT2D eigenvalue weighted by Crippen LogP contribution is -1.80. The molecule has 5 heavy (non-hydrogen) atoms. The van der Waals surface area contributed by atoms with Gasteiger partial charge in [0.05, 0.1) is 5.33 Å². The summed E-state index contributed by atoms with van der Waals surface area (Å²) < 4.78 is 0. The van der Waals surface area contributed by atoms with Crippen molar-refractivity contribution < 1.29 is 4.79 Å². The zero-order valence-corrected chi connectivity index (χ0v) is 4.92. The van der Waals surface area contributed by atoms with Gasteiger partial charge in [-0.25, -0.2) is 0 Å². The average Bonchev–Trinajstić information content (AvgIpc) is 1.38. The van der Waals surface area contributed by atoms with Crippen LogP contribution in [0.4, 0.5) is 0 Å². The van der Waals surface area contributed by atoms with E-state index in [1.807, 2.05) is 0 Å². The third kappa shape index (κ3) is 4.50. The Balaban J connectivity index is 2.85. The predicted octanol–water partition coefficient (Wildman–Crippen LogP) is 0.838. The molecule has 0 aliphatic rings. The van der Waals surface area contributed by atoms with Crippen LogP contribution >= 0.6 is 28.6 Å². The molecule has 0 radical (unpaired) electrons. The summed E-state index contributed by atoms with van der Waals surface area (Å²) in [7, 11) is 0. The number of rotatable bonds is 1. The van der Waals surface area contributed by atoms with Gasteiger partial charge in [0, 0.05) is 0 Å². The van der Waals surface area contributed by atoms with Gasteiger partial charge in [0.15, 0.2) is 5.12 Å². The smallest absolute Gasteiger partial charge is 0.196 e. The van der Waals surface area contributed by atoms with Gasteiger partial charge in [0.25, 0.3) is 0 Å². The van der Waals surface area contributed by atoms with Crippen LogP contribution in [0.25, 0.3) is 0 Å². The van der Waals surface area contributed by atoms with Gasteiger partial charge in [-0.2, -0.15) is 0 Å². The molecule has 0 N–H and O–H groups in total. The van der Waals surface area contributed by atoms with Gasteiger partial charge in [-0.15, -0.1) is 12.6 Å². The van der Waals surface area contributed by atoms with Crippen LogP contribution in [0.3, 0.4) is 0 Å². The van der Waals surface area contributed by atoms with Crippen LogP contribution in [0.1, 0.15) is 0 Å². The fourth-order valence-electron chi connectivity index (χ4n) is 0. The molecule has 0 saturated heterocycles. The monoisotopic (exact) mass is 154 g/mol. The first-order chi connectivity index (χ1) is 2.27. The summed E-state index contributed by atoms with van der Waals surface area (Å²) in [6.45, 7) is 0. The van der Waals surface area contributed by atoms with Crippen LogP contribution in [-0.4, -0.2) is 10.4 Å². The summed E-state index contributed by atoms with van der Waals surface area (Å²) in [5, 5.41) is 0.209. The summed E-state index contributed by atoms with van der Waals surface area (Å²) in [5.74, 6) is 0. The molecule has 0 fully saturated rings. The average molecular weight is 155 g/mol. The quantitative estimate of drug-likeness (QED) is 0.438. The molecule has 3 heteroatoms. The second-order valence-corrected chi connectivity index (χ2v) is 1.59. The summed E-state index contributed by atoms with van der Waals surface area (Å²) in [5.41, 5.74) is 0. The van der Waals surface area contributed by atoms with E-state index in [0.29, 0.717) is 5.33 Å². The first-order valence-corrected chi connectivity index (χ1v) is 2.62. The molecule has 0 bridgehead atoms. The Bertz CT molecular complexity index is 44.9. The molecule has 0 heterocycles. The maximum absolute atomic E-state index is 9.63. The number of hydrogen-bond acceptors (Lipinski definition) is 1. The molecule has 0 saturated carbocycles. The Kier molecular flexibility index (Phi) is 2.99. The van der Waals surface area contributed by atoms with E-state index in [0.717, 1.165) is 0 Å². The lowest BCUT2D eigenvalue weighted by Gasteiger charge is -1.68. The molecule has 0 aliphatic heterocycles. The highest BCUT2D eigenvalue weighted by Gasteiger charge is 1.80. The Labute approximate surface area is 44.3 Å². The minimum absolute atomic E-state index is 0.134. The van der Waals surface area contributed by atoms with E-state index in [-0.39, 0.29) is 5.12 Å². The van der Waals surface area contributed by atoms with Gasteiger partial charge >= 0.3 is 0 Å². The van der Waals surface area contributed by atoms with Crippen LogP contribution in [0.5, 0.6) is 0 Å². The van der Waals surface area contributed by atoms with Crippen molar-refractivity contribution in [3.8, 4) is 0 Å². The standard InChI is InChI=1S/C2H3BrOS/c3-1-2(4)5/h1H2,(H,4,5). The second kappa shape index (κ2) is 2.72. The number of alkyl halides is 1. The van der Waals surface area contributed by atoms with E-state index in [9.17, 15) is 4.79 Å². The summed E-state index contributed by atoms with van der Waals surface area (Å²) in [6, 6.07) is 0. The van der Waals surface area contributed by atoms with E-state index < -0.39 is 0 Å². The fraction of sp³-hybridized carbons (Fsp3) is 0.500. The largest absolute Gasteiger partial charge is 0.287 e. The lowest BCUT2D eigenvalue weighted by molar-refractivity contribution is -0.108. The number of thiol groups is 1. The molecular weight excluding hydrogens is 152 g/mol. The van der Waals surface area contributed by atoms with E-state index >= 15 is 0 Å². The highest BCUT2D eigenvalue weighted by molar-refractivity contribution is 9.09. The second-order valence-electron chi connectivity index (χ2n) is 0.527. The molecule has 1 nitrogen and oxygen atoms in total. The van der Waals surface area contributed by atoms with Crippen molar-refractivity contribution in [2.24, 2.45) is 0 Å². The molecule has 0 aromatic carbocycles. The third-order valence-corrected chi connectivity index (χ3v) is 1.22. The van der Waals surface area contributed by atoms with E-state index in [4.69, 9.17) is 0 Å². The number of carbonyl (C=O) groups is 1. The molecule has 30 valence electrons. The van der Waals surface area contributed by atoms with Gasteiger partial charge in [-0.3, -0.25) is 4.79 Å². The maximum Gasteiger partial charge on any atom is 0.196 e. The molecule has 0 amide bonds. The van der Waals surface area contributed by atoms with Crippen molar-refractivity contribution in [1.29, 1.82) is 0 Å². The van der Waals surface area contributed by atoms with Crippen molar-refractivity contribution in [1.82, 2.24) is 0 Å². The Morgan fingerprint density at radius 1 is 2.00 bits per heavy atom. The zero-order chi connectivity index (χ0) is 4.28. The fourth-order valence-corrected chi connectivity index (χ4v) is 0. The Morgan fingerprint density at radius 2 is 2.20 bits per heavy atom. The van der Waals surface area contributed by atoms with Crippen LogP contribution in [0.15, 0.2) is 0 Å². The molecule has 0 aromatic rings. The van der Waals surface area contributed by atoms with E-state index in [2.05, 4.69) is 28.6 Å².